The maximum Gasteiger partial charge on any atom is 0.127 e. The summed E-state index contributed by atoms with van der Waals surface area (Å²) in [6.07, 6.45) is 0.204. The lowest BCUT2D eigenvalue weighted by atomic mass is 9.97. The van der Waals surface area contributed by atoms with Crippen molar-refractivity contribution in [3.63, 3.8) is 0 Å². The minimum absolute atomic E-state index is 0.186. The van der Waals surface area contributed by atoms with Crippen LogP contribution in [0.1, 0.15) is 19.4 Å². The van der Waals surface area contributed by atoms with Crippen molar-refractivity contribution in [1.29, 1.82) is 0 Å². The molecule has 0 heterocycles. The van der Waals surface area contributed by atoms with E-state index in [1.807, 2.05) is 6.92 Å². The molecule has 1 atom stereocenters. The van der Waals surface area contributed by atoms with Gasteiger partial charge in [-0.05, 0) is 31.5 Å². The third kappa shape index (κ3) is 4.08. The van der Waals surface area contributed by atoms with Crippen LogP contribution >= 0.6 is 11.6 Å². The molecule has 0 amide bonds. The summed E-state index contributed by atoms with van der Waals surface area (Å²) >= 11 is 5.64. The van der Waals surface area contributed by atoms with Crippen LogP contribution in [0.25, 0.3) is 0 Å². The Morgan fingerprint density at radius 1 is 1.50 bits per heavy atom. The quantitative estimate of drug-likeness (QED) is 0.866. The summed E-state index contributed by atoms with van der Waals surface area (Å²) in [6, 6.07) is 4.43. The lowest BCUT2D eigenvalue weighted by Gasteiger charge is -2.23. The number of hydrogen-bond acceptors (Lipinski definition) is 2. The van der Waals surface area contributed by atoms with Gasteiger partial charge in [0.15, 0.2) is 0 Å². The number of aliphatic hydroxyl groups is 1. The van der Waals surface area contributed by atoms with Gasteiger partial charge in [0, 0.05) is 18.1 Å². The molecule has 1 N–H and O–H groups in total. The molecular formula is C12H16ClFO2. The predicted molar refractivity (Wildman–Crippen MR) is 62.2 cm³/mol. The molecule has 1 unspecified atom stereocenters. The number of ether oxygens (including phenoxy) is 1. The average molecular weight is 247 g/mol. The van der Waals surface area contributed by atoms with Gasteiger partial charge < -0.3 is 9.84 Å². The first-order chi connectivity index (χ1) is 7.44. The summed E-state index contributed by atoms with van der Waals surface area (Å²) in [4.78, 5) is 0. The zero-order valence-electron chi connectivity index (χ0n) is 9.46. The van der Waals surface area contributed by atoms with Gasteiger partial charge in [0.1, 0.15) is 5.82 Å². The smallest absolute Gasteiger partial charge is 0.127 e. The summed E-state index contributed by atoms with van der Waals surface area (Å²) in [5.74, 6) is -0.399. The van der Waals surface area contributed by atoms with Crippen molar-refractivity contribution < 1.29 is 14.2 Å². The van der Waals surface area contributed by atoms with Gasteiger partial charge in [0.05, 0.1) is 12.2 Å². The second-order valence-electron chi connectivity index (χ2n) is 4.05. The number of benzene rings is 1. The van der Waals surface area contributed by atoms with E-state index in [1.54, 1.807) is 19.1 Å². The first-order valence-electron chi connectivity index (χ1n) is 5.18. The topological polar surface area (TPSA) is 29.5 Å². The van der Waals surface area contributed by atoms with E-state index in [0.29, 0.717) is 17.2 Å². The van der Waals surface area contributed by atoms with E-state index in [9.17, 15) is 9.50 Å². The van der Waals surface area contributed by atoms with Crippen molar-refractivity contribution in [2.45, 2.75) is 25.9 Å². The number of rotatable bonds is 5. The summed E-state index contributed by atoms with van der Waals surface area (Å²) in [5, 5.41) is 10.3. The Morgan fingerprint density at radius 3 is 2.75 bits per heavy atom. The van der Waals surface area contributed by atoms with Gasteiger partial charge in [-0.2, -0.15) is 0 Å². The molecule has 0 bridgehead atoms. The van der Waals surface area contributed by atoms with Crippen LogP contribution in [0.5, 0.6) is 0 Å². The molecule has 0 aliphatic heterocycles. The molecule has 1 aromatic carbocycles. The van der Waals surface area contributed by atoms with Gasteiger partial charge in [-0.1, -0.05) is 17.7 Å². The summed E-state index contributed by atoms with van der Waals surface area (Å²) < 4.78 is 18.6. The van der Waals surface area contributed by atoms with Gasteiger partial charge in [-0.25, -0.2) is 4.39 Å². The Balaban J connectivity index is 2.71. The van der Waals surface area contributed by atoms with Gasteiger partial charge in [-0.15, -0.1) is 0 Å². The summed E-state index contributed by atoms with van der Waals surface area (Å²) in [6.45, 7) is 4.18. The SMILES string of the molecule is CCOCC(C)(O)Cc1ccc(Cl)cc1F. The Hall–Kier alpha value is -0.640. The largest absolute Gasteiger partial charge is 0.387 e. The Bertz CT molecular complexity index is 353. The van der Waals surface area contributed by atoms with Crippen LogP contribution in [0.15, 0.2) is 18.2 Å². The van der Waals surface area contributed by atoms with E-state index < -0.39 is 11.4 Å². The Kier molecular flexibility index (Phi) is 4.71. The molecule has 90 valence electrons. The lowest BCUT2D eigenvalue weighted by Crippen LogP contribution is -2.33. The molecule has 0 fully saturated rings. The fourth-order valence-corrected chi connectivity index (χ4v) is 1.61. The molecule has 0 saturated heterocycles. The molecule has 0 spiro atoms. The molecule has 0 aliphatic carbocycles. The first kappa shape index (κ1) is 13.4. The van der Waals surface area contributed by atoms with Crippen LogP contribution in [0, 0.1) is 5.82 Å². The molecule has 1 rings (SSSR count). The fourth-order valence-electron chi connectivity index (χ4n) is 1.45. The third-order valence-corrected chi connectivity index (χ3v) is 2.44. The van der Waals surface area contributed by atoms with Gasteiger partial charge in [0.25, 0.3) is 0 Å². The van der Waals surface area contributed by atoms with E-state index in [4.69, 9.17) is 16.3 Å². The Morgan fingerprint density at radius 2 is 2.19 bits per heavy atom. The molecule has 0 radical (unpaired) electrons. The predicted octanol–water partition coefficient (Wildman–Crippen LogP) is 2.81. The van der Waals surface area contributed by atoms with E-state index in [0.717, 1.165) is 0 Å². The van der Waals surface area contributed by atoms with Crippen molar-refractivity contribution >= 4 is 11.6 Å². The zero-order chi connectivity index (χ0) is 12.2. The highest BCUT2D eigenvalue weighted by Gasteiger charge is 2.22. The van der Waals surface area contributed by atoms with Crippen LogP contribution in [-0.4, -0.2) is 23.9 Å². The molecular weight excluding hydrogens is 231 g/mol. The average Bonchev–Trinajstić information content (AvgIpc) is 2.19. The lowest BCUT2D eigenvalue weighted by molar-refractivity contribution is -0.0301. The van der Waals surface area contributed by atoms with Gasteiger partial charge >= 0.3 is 0 Å². The molecule has 0 aromatic heterocycles. The number of hydrogen-bond donors (Lipinski definition) is 1. The molecule has 0 aliphatic rings. The second-order valence-corrected chi connectivity index (χ2v) is 4.48. The molecule has 4 heteroatoms. The third-order valence-electron chi connectivity index (χ3n) is 2.20. The summed E-state index contributed by atoms with van der Waals surface area (Å²) in [5.41, 5.74) is -0.626. The van der Waals surface area contributed by atoms with Crippen molar-refractivity contribution in [3.8, 4) is 0 Å². The normalized spacial score (nSPS) is 14.8. The highest BCUT2D eigenvalue weighted by Crippen LogP contribution is 2.19. The Labute approximate surface area is 100.0 Å². The van der Waals surface area contributed by atoms with Crippen LogP contribution in [0.3, 0.4) is 0 Å². The number of halogens is 2. The maximum atomic E-state index is 13.5. The highest BCUT2D eigenvalue weighted by atomic mass is 35.5. The van der Waals surface area contributed by atoms with Gasteiger partial charge in [0.2, 0.25) is 0 Å². The monoisotopic (exact) mass is 246 g/mol. The minimum atomic E-state index is -1.06. The van der Waals surface area contributed by atoms with E-state index in [-0.39, 0.29) is 13.0 Å². The van der Waals surface area contributed by atoms with Crippen LogP contribution in [-0.2, 0) is 11.2 Å². The van der Waals surface area contributed by atoms with Crippen LogP contribution in [0.2, 0.25) is 5.02 Å². The molecule has 1 aromatic rings. The van der Waals surface area contributed by atoms with E-state index >= 15 is 0 Å². The summed E-state index contributed by atoms with van der Waals surface area (Å²) in [7, 11) is 0. The first-order valence-corrected chi connectivity index (χ1v) is 5.56. The van der Waals surface area contributed by atoms with Crippen molar-refractivity contribution in [2.75, 3.05) is 13.2 Å². The second kappa shape index (κ2) is 5.62. The van der Waals surface area contributed by atoms with Gasteiger partial charge in [-0.3, -0.25) is 0 Å². The van der Waals surface area contributed by atoms with E-state index in [1.165, 1.54) is 6.07 Å². The van der Waals surface area contributed by atoms with Crippen LogP contribution in [0.4, 0.5) is 4.39 Å². The van der Waals surface area contributed by atoms with Crippen molar-refractivity contribution in [1.82, 2.24) is 0 Å². The van der Waals surface area contributed by atoms with E-state index in [2.05, 4.69) is 0 Å². The fraction of sp³-hybridized carbons (Fsp3) is 0.500. The zero-order valence-corrected chi connectivity index (χ0v) is 10.2. The molecule has 2 nitrogen and oxygen atoms in total. The van der Waals surface area contributed by atoms with Crippen molar-refractivity contribution in [2.24, 2.45) is 0 Å². The highest BCUT2D eigenvalue weighted by molar-refractivity contribution is 6.30. The minimum Gasteiger partial charge on any atom is -0.387 e. The van der Waals surface area contributed by atoms with Crippen LogP contribution < -0.4 is 0 Å². The molecule has 16 heavy (non-hydrogen) atoms. The van der Waals surface area contributed by atoms with Crippen molar-refractivity contribution in [3.05, 3.63) is 34.6 Å². The molecule has 0 saturated carbocycles. The maximum absolute atomic E-state index is 13.5. The standard InChI is InChI=1S/C12H16ClFO2/c1-3-16-8-12(2,15)7-9-4-5-10(13)6-11(9)14/h4-6,15H,3,7-8H2,1-2H3.